The molecule has 9 nitrogen and oxygen atoms in total. The van der Waals surface area contributed by atoms with Gasteiger partial charge in [0.05, 0.1) is 26.1 Å². The number of hydrogen-bond acceptors (Lipinski definition) is 5. The molecule has 2 amide bonds. The number of unbranched alkanes of at least 4 members (excludes halogenated alkanes) is 12. The van der Waals surface area contributed by atoms with E-state index in [0.29, 0.717) is 25.9 Å². The number of hydrogen-bond donors (Lipinski definition) is 2. The van der Waals surface area contributed by atoms with E-state index >= 15 is 0 Å². The molecule has 0 aliphatic rings. The van der Waals surface area contributed by atoms with Crippen molar-refractivity contribution in [2.24, 2.45) is 0 Å². The summed E-state index contributed by atoms with van der Waals surface area (Å²) in [6.45, 7) is 5.73. The summed E-state index contributed by atoms with van der Waals surface area (Å²) in [6.07, 6.45) is 16.1. The third-order valence-corrected chi connectivity index (χ3v) is 6.90. The van der Waals surface area contributed by atoms with Gasteiger partial charge in [0, 0.05) is 39.0 Å². The summed E-state index contributed by atoms with van der Waals surface area (Å²) in [5, 5.41) is 18.1. The topological polar surface area (TPSA) is 124 Å². The summed E-state index contributed by atoms with van der Waals surface area (Å²) in [4.78, 5) is 50.5. The van der Waals surface area contributed by atoms with Crippen LogP contribution in [-0.4, -0.2) is 83.2 Å². The van der Waals surface area contributed by atoms with Gasteiger partial charge in [0.25, 0.3) is 0 Å². The first-order valence-electron chi connectivity index (χ1n) is 15.4. The highest BCUT2D eigenvalue weighted by Crippen LogP contribution is 2.11. The maximum atomic E-state index is 12.7. The van der Waals surface area contributed by atoms with Crippen molar-refractivity contribution in [3.05, 3.63) is 0 Å². The number of carboxylic acid groups (broad SMARTS) is 2. The van der Waals surface area contributed by atoms with Crippen molar-refractivity contribution in [2.75, 3.05) is 39.4 Å². The van der Waals surface area contributed by atoms with Gasteiger partial charge >= 0.3 is 11.9 Å². The maximum Gasteiger partial charge on any atom is 0.305 e. The molecule has 0 atom stereocenters. The van der Waals surface area contributed by atoms with E-state index in [1.165, 1.54) is 51.4 Å². The molecule has 0 aliphatic heterocycles. The van der Waals surface area contributed by atoms with Crippen LogP contribution in [0.3, 0.4) is 0 Å². The number of carbonyl (C=O) groups is 4. The first-order valence-corrected chi connectivity index (χ1v) is 15.4. The average Bonchev–Trinajstić information content (AvgIpc) is 2.90. The lowest BCUT2D eigenvalue weighted by atomic mass is 10.1. The van der Waals surface area contributed by atoms with Gasteiger partial charge in [0.2, 0.25) is 11.8 Å². The van der Waals surface area contributed by atoms with Gasteiger partial charge < -0.3 is 24.7 Å². The molecular formula is C30H56N2O7. The number of carboxylic acids is 2. The quantitative estimate of drug-likeness (QED) is 0.115. The van der Waals surface area contributed by atoms with Gasteiger partial charge in [-0.05, 0) is 12.8 Å². The predicted octanol–water partition coefficient (Wildman–Crippen LogP) is 5.89. The molecule has 0 bridgehead atoms. The summed E-state index contributed by atoms with van der Waals surface area (Å²) >= 11 is 0. The highest BCUT2D eigenvalue weighted by Gasteiger charge is 2.16. The molecule has 0 radical (unpaired) electrons. The van der Waals surface area contributed by atoms with Gasteiger partial charge in [0.1, 0.15) is 0 Å². The zero-order valence-corrected chi connectivity index (χ0v) is 24.8. The van der Waals surface area contributed by atoms with Gasteiger partial charge in [-0.1, -0.05) is 90.9 Å². The van der Waals surface area contributed by atoms with E-state index in [9.17, 15) is 19.2 Å². The van der Waals surface area contributed by atoms with Crippen LogP contribution in [0.5, 0.6) is 0 Å². The lowest BCUT2D eigenvalue weighted by molar-refractivity contribution is -0.140. The highest BCUT2D eigenvalue weighted by molar-refractivity contribution is 5.77. The fraction of sp³-hybridized carbons (Fsp3) is 0.867. The predicted molar refractivity (Wildman–Crippen MR) is 154 cm³/mol. The maximum absolute atomic E-state index is 12.7. The monoisotopic (exact) mass is 556 g/mol. The second-order valence-corrected chi connectivity index (χ2v) is 10.4. The second kappa shape index (κ2) is 26.1. The molecule has 228 valence electrons. The van der Waals surface area contributed by atoms with Crippen molar-refractivity contribution in [3.63, 3.8) is 0 Å². The number of carbonyl (C=O) groups excluding carboxylic acids is 2. The molecule has 0 saturated carbocycles. The SMILES string of the molecule is CCCCCCCCCC(=O)N(CCOCCN(CCC(=O)O)C(=O)CCCCCCCCC)CCC(=O)O. The zero-order chi connectivity index (χ0) is 29.1. The summed E-state index contributed by atoms with van der Waals surface area (Å²) < 4.78 is 5.69. The fourth-order valence-corrected chi connectivity index (χ4v) is 4.42. The second-order valence-electron chi connectivity index (χ2n) is 10.4. The standard InChI is InChI=1S/C30H56N2O7/c1-3-5-7-9-11-13-15-17-27(33)31(21-19-29(35)36)23-25-39-26-24-32(22-20-30(37)38)28(34)18-16-14-12-10-8-6-4-2/h3-26H2,1-2H3,(H,35,36)(H,37,38). The molecule has 0 fully saturated rings. The summed E-state index contributed by atoms with van der Waals surface area (Å²) in [7, 11) is 0. The zero-order valence-electron chi connectivity index (χ0n) is 24.8. The van der Waals surface area contributed by atoms with Crippen molar-refractivity contribution in [1.82, 2.24) is 9.80 Å². The minimum Gasteiger partial charge on any atom is -0.481 e. The van der Waals surface area contributed by atoms with Crippen molar-refractivity contribution in [1.29, 1.82) is 0 Å². The third-order valence-electron chi connectivity index (χ3n) is 6.90. The largest absolute Gasteiger partial charge is 0.481 e. The van der Waals surface area contributed by atoms with Crippen molar-refractivity contribution in [3.8, 4) is 0 Å². The Morgan fingerprint density at radius 2 is 0.821 bits per heavy atom. The van der Waals surface area contributed by atoms with Gasteiger partial charge in [-0.15, -0.1) is 0 Å². The number of nitrogens with zero attached hydrogens (tertiary/aromatic N) is 2. The lowest BCUT2D eigenvalue weighted by Crippen LogP contribution is -2.37. The van der Waals surface area contributed by atoms with Crippen LogP contribution in [0.15, 0.2) is 0 Å². The van der Waals surface area contributed by atoms with Crippen LogP contribution >= 0.6 is 0 Å². The molecule has 0 heterocycles. The van der Waals surface area contributed by atoms with Gasteiger partial charge in [-0.3, -0.25) is 19.2 Å². The average molecular weight is 557 g/mol. The fourth-order valence-electron chi connectivity index (χ4n) is 4.42. The highest BCUT2D eigenvalue weighted by atomic mass is 16.5. The number of ether oxygens (including phenoxy) is 1. The summed E-state index contributed by atoms with van der Waals surface area (Å²) in [6, 6.07) is 0. The first kappa shape index (κ1) is 36.8. The van der Waals surface area contributed by atoms with E-state index in [1.54, 1.807) is 9.80 Å². The molecule has 39 heavy (non-hydrogen) atoms. The Bertz CT molecular complexity index is 603. The number of aliphatic carboxylic acids is 2. The van der Waals surface area contributed by atoms with Gasteiger partial charge in [-0.2, -0.15) is 0 Å². The molecule has 2 N–H and O–H groups in total. The van der Waals surface area contributed by atoms with Crippen LogP contribution in [0.1, 0.15) is 129 Å². The van der Waals surface area contributed by atoms with Crippen molar-refractivity contribution < 1.29 is 34.1 Å². The van der Waals surface area contributed by atoms with Gasteiger partial charge in [-0.25, -0.2) is 0 Å². The first-order chi connectivity index (χ1) is 18.8. The summed E-state index contributed by atoms with van der Waals surface area (Å²) in [5.74, 6) is -2.00. The van der Waals surface area contributed by atoms with E-state index in [-0.39, 0.29) is 51.0 Å². The Hall–Kier alpha value is -2.16. The van der Waals surface area contributed by atoms with Crippen LogP contribution in [0.4, 0.5) is 0 Å². The minimum absolute atomic E-state index is 0.0543. The minimum atomic E-state index is -0.946. The van der Waals surface area contributed by atoms with Crippen molar-refractivity contribution in [2.45, 2.75) is 129 Å². The molecule has 0 spiro atoms. The van der Waals surface area contributed by atoms with Gasteiger partial charge in [0.15, 0.2) is 0 Å². The molecule has 9 heteroatoms. The van der Waals surface area contributed by atoms with E-state index in [4.69, 9.17) is 14.9 Å². The van der Waals surface area contributed by atoms with Crippen LogP contribution in [0.25, 0.3) is 0 Å². The molecule has 0 aliphatic carbocycles. The number of amides is 2. The van der Waals surface area contributed by atoms with E-state index in [2.05, 4.69) is 13.8 Å². The molecule has 0 aromatic carbocycles. The van der Waals surface area contributed by atoms with E-state index < -0.39 is 11.9 Å². The molecule has 0 rings (SSSR count). The smallest absolute Gasteiger partial charge is 0.305 e. The molecule has 0 unspecified atom stereocenters. The Morgan fingerprint density at radius 1 is 0.487 bits per heavy atom. The van der Waals surface area contributed by atoms with Crippen LogP contribution < -0.4 is 0 Å². The van der Waals surface area contributed by atoms with Crippen molar-refractivity contribution >= 4 is 23.8 Å². The van der Waals surface area contributed by atoms with E-state index in [1.807, 2.05) is 0 Å². The van der Waals surface area contributed by atoms with E-state index in [0.717, 1.165) is 38.5 Å². The molecular weight excluding hydrogens is 500 g/mol. The van der Waals surface area contributed by atoms with Crippen LogP contribution in [-0.2, 0) is 23.9 Å². The Balaban J connectivity index is 4.46. The summed E-state index contributed by atoms with van der Waals surface area (Å²) in [5.41, 5.74) is 0. The number of rotatable bonds is 28. The molecule has 0 aromatic rings. The lowest BCUT2D eigenvalue weighted by Gasteiger charge is -2.24. The molecule has 0 saturated heterocycles. The Morgan fingerprint density at radius 3 is 1.15 bits per heavy atom. The molecule has 0 aromatic heterocycles. The normalized spacial score (nSPS) is 10.9. The van der Waals surface area contributed by atoms with Crippen LogP contribution in [0.2, 0.25) is 0 Å². The third kappa shape index (κ3) is 23.4. The Kier molecular flexibility index (Phi) is 24.6. The Labute approximate surface area is 236 Å². The van der Waals surface area contributed by atoms with Crippen LogP contribution in [0, 0.1) is 0 Å².